The molecule has 2 rings (SSSR count). The van der Waals surface area contributed by atoms with Crippen LogP contribution in [0.5, 0.6) is 11.5 Å². The first-order valence-electron chi connectivity index (χ1n) is 5.39. The molecule has 0 aliphatic carbocycles. The van der Waals surface area contributed by atoms with Crippen LogP contribution in [0.25, 0.3) is 0 Å². The van der Waals surface area contributed by atoms with E-state index < -0.39 is 0 Å². The van der Waals surface area contributed by atoms with Gasteiger partial charge in [0.25, 0.3) is 0 Å². The number of hydrazone groups is 1. The van der Waals surface area contributed by atoms with Crippen LogP contribution in [0.4, 0.5) is 0 Å². The van der Waals surface area contributed by atoms with Crippen molar-refractivity contribution in [1.82, 2.24) is 5.43 Å². The van der Waals surface area contributed by atoms with Gasteiger partial charge in [-0.25, -0.2) is 5.43 Å². The van der Waals surface area contributed by atoms with Crippen molar-refractivity contribution >= 4 is 11.6 Å². The van der Waals surface area contributed by atoms with E-state index in [0.29, 0.717) is 23.3 Å². The summed E-state index contributed by atoms with van der Waals surface area (Å²) in [6, 6.07) is 3.11. The van der Waals surface area contributed by atoms with Gasteiger partial charge >= 0.3 is 0 Å². The summed E-state index contributed by atoms with van der Waals surface area (Å²) in [5.41, 5.74) is 3.99. The van der Waals surface area contributed by atoms with Crippen molar-refractivity contribution in [3.8, 4) is 11.5 Å². The maximum atomic E-state index is 11.1. The number of phenols is 2. The number of carbonyl (C=O) groups excluding carboxylic acids is 1. The Balaban J connectivity index is 2.48. The Kier molecular flexibility index (Phi) is 2.75. The van der Waals surface area contributed by atoms with E-state index in [0.717, 1.165) is 0 Å². The molecule has 0 spiro atoms. The molecule has 0 saturated carbocycles. The lowest BCUT2D eigenvalue weighted by Gasteiger charge is -2.20. The molecule has 0 fully saturated rings. The Hall–Kier alpha value is -2.04. The summed E-state index contributed by atoms with van der Waals surface area (Å²) in [5.74, 6) is -0.138. The van der Waals surface area contributed by atoms with E-state index in [4.69, 9.17) is 0 Å². The fourth-order valence-electron chi connectivity index (χ4n) is 1.88. The van der Waals surface area contributed by atoms with Crippen molar-refractivity contribution in [1.29, 1.82) is 0 Å². The largest absolute Gasteiger partial charge is 0.508 e. The van der Waals surface area contributed by atoms with Crippen molar-refractivity contribution < 1.29 is 15.0 Å². The van der Waals surface area contributed by atoms with Gasteiger partial charge in [0.05, 0.1) is 5.71 Å². The first kappa shape index (κ1) is 11.4. The molecule has 0 saturated heterocycles. The van der Waals surface area contributed by atoms with E-state index >= 15 is 0 Å². The SMILES string of the molecule is Cc1c(O)ccc(C2=NNC(=O)CC2C)c1O. The molecule has 5 heteroatoms. The fraction of sp³-hybridized carbons (Fsp3) is 0.333. The molecule has 1 aromatic rings. The van der Waals surface area contributed by atoms with Gasteiger partial charge in [0.1, 0.15) is 11.5 Å². The second-order valence-electron chi connectivity index (χ2n) is 4.24. The van der Waals surface area contributed by atoms with Crippen LogP contribution in [0.2, 0.25) is 0 Å². The zero-order valence-corrected chi connectivity index (χ0v) is 9.69. The molecule has 1 aromatic carbocycles. The number of aromatic hydroxyl groups is 2. The van der Waals surface area contributed by atoms with Crippen LogP contribution in [-0.2, 0) is 4.79 Å². The molecule has 0 bridgehead atoms. The molecule has 90 valence electrons. The number of carbonyl (C=O) groups is 1. The number of benzene rings is 1. The normalized spacial score (nSPS) is 19.8. The molecule has 1 unspecified atom stereocenters. The van der Waals surface area contributed by atoms with Crippen molar-refractivity contribution in [2.75, 3.05) is 0 Å². The highest BCUT2D eigenvalue weighted by Crippen LogP contribution is 2.32. The second-order valence-corrected chi connectivity index (χ2v) is 4.24. The quantitative estimate of drug-likeness (QED) is 0.684. The predicted molar refractivity (Wildman–Crippen MR) is 63.0 cm³/mol. The summed E-state index contributed by atoms with van der Waals surface area (Å²) in [7, 11) is 0. The number of phenolic OH excluding ortho intramolecular Hbond substituents is 2. The number of hydrogen-bond donors (Lipinski definition) is 3. The molecule has 5 nitrogen and oxygen atoms in total. The first-order valence-corrected chi connectivity index (χ1v) is 5.39. The van der Waals surface area contributed by atoms with Crippen molar-refractivity contribution in [3.63, 3.8) is 0 Å². The number of hydrogen-bond acceptors (Lipinski definition) is 4. The van der Waals surface area contributed by atoms with Crippen LogP contribution in [0, 0.1) is 12.8 Å². The Morgan fingerprint density at radius 1 is 1.41 bits per heavy atom. The summed E-state index contributed by atoms with van der Waals surface area (Å²) in [6.07, 6.45) is 0.345. The van der Waals surface area contributed by atoms with Gasteiger partial charge in [0.2, 0.25) is 5.91 Å². The van der Waals surface area contributed by atoms with E-state index in [2.05, 4.69) is 10.5 Å². The monoisotopic (exact) mass is 234 g/mol. The van der Waals surface area contributed by atoms with Crippen LogP contribution < -0.4 is 5.43 Å². The average Bonchev–Trinajstić information content (AvgIpc) is 2.28. The van der Waals surface area contributed by atoms with Crippen LogP contribution in [-0.4, -0.2) is 21.8 Å². The molecule has 0 aromatic heterocycles. The van der Waals surface area contributed by atoms with E-state index in [1.165, 1.54) is 6.07 Å². The van der Waals surface area contributed by atoms with Crippen molar-refractivity contribution in [2.24, 2.45) is 11.0 Å². The predicted octanol–water partition coefficient (Wildman–Crippen LogP) is 1.27. The van der Waals surface area contributed by atoms with Gasteiger partial charge in [-0.1, -0.05) is 6.92 Å². The van der Waals surface area contributed by atoms with Crippen LogP contribution in [0.15, 0.2) is 17.2 Å². The summed E-state index contributed by atoms with van der Waals surface area (Å²) >= 11 is 0. The molecule has 1 atom stereocenters. The average molecular weight is 234 g/mol. The van der Waals surface area contributed by atoms with E-state index in [9.17, 15) is 15.0 Å². The third-order valence-corrected chi connectivity index (χ3v) is 2.94. The third-order valence-electron chi connectivity index (χ3n) is 2.94. The Labute approximate surface area is 98.8 Å². The standard InChI is InChI=1S/C12H14N2O3/c1-6-5-10(16)13-14-11(6)8-3-4-9(15)7(2)12(8)17/h3-4,6,15,17H,5H2,1-2H3,(H,13,16). The third kappa shape index (κ3) is 1.95. The summed E-state index contributed by atoms with van der Waals surface area (Å²) in [4.78, 5) is 11.1. The smallest absolute Gasteiger partial charge is 0.240 e. The van der Waals surface area contributed by atoms with Crippen molar-refractivity contribution in [2.45, 2.75) is 20.3 Å². The van der Waals surface area contributed by atoms with Gasteiger partial charge in [0, 0.05) is 23.5 Å². The molecule has 3 N–H and O–H groups in total. The number of rotatable bonds is 1. The number of nitrogens with one attached hydrogen (secondary N) is 1. The summed E-state index contributed by atoms with van der Waals surface area (Å²) in [6.45, 7) is 3.50. The summed E-state index contributed by atoms with van der Waals surface area (Å²) in [5, 5.41) is 23.4. The van der Waals surface area contributed by atoms with E-state index in [-0.39, 0.29) is 23.3 Å². The van der Waals surface area contributed by atoms with Gasteiger partial charge in [-0.3, -0.25) is 4.79 Å². The molecule has 1 amide bonds. The molecule has 1 aliphatic rings. The maximum absolute atomic E-state index is 11.1. The molecule has 1 heterocycles. The summed E-state index contributed by atoms with van der Waals surface area (Å²) < 4.78 is 0. The zero-order chi connectivity index (χ0) is 12.6. The van der Waals surface area contributed by atoms with Gasteiger partial charge < -0.3 is 10.2 Å². The molecule has 0 radical (unpaired) electrons. The minimum Gasteiger partial charge on any atom is -0.508 e. The van der Waals surface area contributed by atoms with E-state index in [1.807, 2.05) is 6.92 Å². The van der Waals surface area contributed by atoms with Gasteiger partial charge in [0.15, 0.2) is 0 Å². The lowest BCUT2D eigenvalue weighted by atomic mass is 9.92. The molecule has 1 aliphatic heterocycles. The van der Waals surface area contributed by atoms with Crippen LogP contribution >= 0.6 is 0 Å². The van der Waals surface area contributed by atoms with Crippen LogP contribution in [0.1, 0.15) is 24.5 Å². The molecular weight excluding hydrogens is 220 g/mol. The molecular formula is C12H14N2O3. The Morgan fingerprint density at radius 2 is 2.12 bits per heavy atom. The lowest BCUT2D eigenvalue weighted by Crippen LogP contribution is -2.32. The highest BCUT2D eigenvalue weighted by molar-refractivity contribution is 6.07. The van der Waals surface area contributed by atoms with Gasteiger partial charge in [-0.2, -0.15) is 5.10 Å². The topological polar surface area (TPSA) is 81.9 Å². The zero-order valence-electron chi connectivity index (χ0n) is 9.69. The van der Waals surface area contributed by atoms with E-state index in [1.54, 1.807) is 13.0 Å². The number of nitrogens with zero attached hydrogens (tertiary/aromatic N) is 1. The van der Waals surface area contributed by atoms with Crippen molar-refractivity contribution in [3.05, 3.63) is 23.3 Å². The fourth-order valence-corrected chi connectivity index (χ4v) is 1.88. The minimum atomic E-state index is -0.128. The lowest BCUT2D eigenvalue weighted by molar-refractivity contribution is -0.121. The highest BCUT2D eigenvalue weighted by Gasteiger charge is 2.24. The Morgan fingerprint density at radius 3 is 2.76 bits per heavy atom. The molecule has 17 heavy (non-hydrogen) atoms. The number of amides is 1. The minimum absolute atomic E-state index is 0.00625. The van der Waals surface area contributed by atoms with Gasteiger partial charge in [-0.05, 0) is 19.1 Å². The van der Waals surface area contributed by atoms with Gasteiger partial charge in [-0.15, -0.1) is 0 Å². The second kappa shape index (κ2) is 4.08. The van der Waals surface area contributed by atoms with Crippen LogP contribution in [0.3, 0.4) is 0 Å². The Bertz CT molecular complexity index is 509. The highest BCUT2D eigenvalue weighted by atomic mass is 16.3. The maximum Gasteiger partial charge on any atom is 0.240 e. The first-order chi connectivity index (χ1) is 8.00.